The van der Waals surface area contributed by atoms with Crippen molar-refractivity contribution in [2.45, 2.75) is 13.5 Å². The SMILES string of the molecule is Cc1c(C(=O)N(C)Cc2ccc(F)cc2F)cccc1[N+](=O)[O-]. The number of halogens is 2. The van der Waals surface area contributed by atoms with E-state index in [-0.39, 0.29) is 28.9 Å². The van der Waals surface area contributed by atoms with Gasteiger partial charge in [-0.15, -0.1) is 0 Å². The smallest absolute Gasteiger partial charge is 0.273 e. The molecule has 120 valence electrons. The summed E-state index contributed by atoms with van der Waals surface area (Å²) < 4.78 is 26.6. The van der Waals surface area contributed by atoms with Gasteiger partial charge in [0.2, 0.25) is 0 Å². The molecule has 0 saturated heterocycles. The summed E-state index contributed by atoms with van der Waals surface area (Å²) in [7, 11) is 1.45. The quantitative estimate of drug-likeness (QED) is 0.640. The first-order valence-corrected chi connectivity index (χ1v) is 6.74. The largest absolute Gasteiger partial charge is 0.337 e. The van der Waals surface area contributed by atoms with Crippen LogP contribution in [0.25, 0.3) is 0 Å². The maximum atomic E-state index is 13.7. The van der Waals surface area contributed by atoms with Crippen molar-refractivity contribution in [3.8, 4) is 0 Å². The summed E-state index contributed by atoms with van der Waals surface area (Å²) in [6.07, 6.45) is 0. The highest BCUT2D eigenvalue weighted by atomic mass is 19.1. The molecule has 0 heterocycles. The third-order valence-electron chi connectivity index (χ3n) is 3.50. The minimum atomic E-state index is -0.750. The summed E-state index contributed by atoms with van der Waals surface area (Å²) in [6, 6.07) is 7.31. The lowest BCUT2D eigenvalue weighted by molar-refractivity contribution is -0.385. The summed E-state index contributed by atoms with van der Waals surface area (Å²) in [6.45, 7) is 1.41. The van der Waals surface area contributed by atoms with Crippen LogP contribution >= 0.6 is 0 Å². The van der Waals surface area contributed by atoms with Gasteiger partial charge in [0.05, 0.1) is 4.92 Å². The van der Waals surface area contributed by atoms with E-state index >= 15 is 0 Å². The number of rotatable bonds is 4. The third kappa shape index (κ3) is 3.50. The van der Waals surface area contributed by atoms with E-state index in [1.807, 2.05) is 0 Å². The molecule has 7 heteroatoms. The summed E-state index contributed by atoms with van der Waals surface area (Å²) in [5.74, 6) is -1.93. The Morgan fingerprint density at radius 1 is 1.26 bits per heavy atom. The lowest BCUT2D eigenvalue weighted by Crippen LogP contribution is -2.27. The molecule has 0 N–H and O–H groups in total. The van der Waals surface area contributed by atoms with Crippen LogP contribution in [0.2, 0.25) is 0 Å². The fourth-order valence-electron chi connectivity index (χ4n) is 2.24. The summed E-state index contributed by atoms with van der Waals surface area (Å²) >= 11 is 0. The van der Waals surface area contributed by atoms with Gasteiger partial charge in [0, 0.05) is 42.4 Å². The van der Waals surface area contributed by atoms with E-state index in [1.54, 1.807) is 0 Å². The first kappa shape index (κ1) is 16.5. The molecule has 0 atom stereocenters. The van der Waals surface area contributed by atoms with Crippen molar-refractivity contribution in [1.82, 2.24) is 4.90 Å². The number of hydrogen-bond acceptors (Lipinski definition) is 3. The molecular weight excluding hydrogens is 306 g/mol. The molecule has 0 aliphatic rings. The lowest BCUT2D eigenvalue weighted by Gasteiger charge is -2.18. The summed E-state index contributed by atoms with van der Waals surface area (Å²) in [5.41, 5.74) is 0.417. The van der Waals surface area contributed by atoms with Gasteiger partial charge in [-0.25, -0.2) is 8.78 Å². The minimum Gasteiger partial charge on any atom is -0.337 e. The topological polar surface area (TPSA) is 63.5 Å². The molecule has 5 nitrogen and oxygen atoms in total. The number of carbonyl (C=O) groups is 1. The number of amides is 1. The van der Waals surface area contributed by atoms with Gasteiger partial charge in [0.1, 0.15) is 11.6 Å². The Morgan fingerprint density at radius 3 is 2.57 bits per heavy atom. The predicted molar refractivity (Wildman–Crippen MR) is 80.0 cm³/mol. The van der Waals surface area contributed by atoms with Crippen LogP contribution in [0, 0.1) is 28.7 Å². The molecule has 0 aromatic heterocycles. The minimum absolute atomic E-state index is 0.0763. The molecule has 0 spiro atoms. The zero-order chi connectivity index (χ0) is 17.1. The van der Waals surface area contributed by atoms with Crippen molar-refractivity contribution in [2.75, 3.05) is 7.05 Å². The van der Waals surface area contributed by atoms with Crippen molar-refractivity contribution >= 4 is 11.6 Å². The van der Waals surface area contributed by atoms with Crippen LogP contribution < -0.4 is 0 Å². The van der Waals surface area contributed by atoms with Gasteiger partial charge >= 0.3 is 0 Å². The summed E-state index contributed by atoms with van der Waals surface area (Å²) in [5, 5.41) is 10.9. The zero-order valence-corrected chi connectivity index (χ0v) is 12.5. The molecule has 2 aromatic rings. The standard InChI is InChI=1S/C16H14F2N2O3/c1-10-13(4-3-5-15(10)20(22)23)16(21)19(2)9-11-6-7-12(17)8-14(11)18/h3-8H,9H2,1-2H3. The second-order valence-electron chi connectivity index (χ2n) is 5.10. The van der Waals surface area contributed by atoms with E-state index in [9.17, 15) is 23.7 Å². The van der Waals surface area contributed by atoms with Gasteiger partial charge in [-0.05, 0) is 19.1 Å². The van der Waals surface area contributed by atoms with E-state index in [4.69, 9.17) is 0 Å². The average molecular weight is 320 g/mol. The zero-order valence-electron chi connectivity index (χ0n) is 12.5. The fourth-order valence-corrected chi connectivity index (χ4v) is 2.24. The highest BCUT2D eigenvalue weighted by molar-refractivity contribution is 5.96. The number of carbonyl (C=O) groups excluding carboxylic acids is 1. The molecule has 23 heavy (non-hydrogen) atoms. The third-order valence-corrected chi connectivity index (χ3v) is 3.50. The van der Waals surface area contributed by atoms with E-state index in [2.05, 4.69) is 0 Å². The molecular formula is C16H14F2N2O3. The molecule has 0 fully saturated rings. The monoisotopic (exact) mass is 320 g/mol. The van der Waals surface area contributed by atoms with Crippen molar-refractivity contribution in [3.05, 3.63) is 74.8 Å². The second-order valence-corrected chi connectivity index (χ2v) is 5.10. The fraction of sp³-hybridized carbons (Fsp3) is 0.188. The first-order valence-electron chi connectivity index (χ1n) is 6.74. The number of benzene rings is 2. The molecule has 0 aliphatic heterocycles. The second kappa shape index (κ2) is 6.51. The van der Waals surface area contributed by atoms with Crippen LogP contribution in [0.4, 0.5) is 14.5 Å². The Labute approximate surface area is 131 Å². The van der Waals surface area contributed by atoms with Crippen LogP contribution in [0.15, 0.2) is 36.4 Å². The average Bonchev–Trinajstić information content (AvgIpc) is 2.49. The maximum Gasteiger partial charge on any atom is 0.273 e. The van der Waals surface area contributed by atoms with Gasteiger partial charge < -0.3 is 4.90 Å². The van der Waals surface area contributed by atoms with Crippen LogP contribution in [-0.2, 0) is 6.54 Å². The number of nitro groups is 1. The molecule has 0 radical (unpaired) electrons. The number of nitro benzene ring substituents is 1. The molecule has 0 saturated carbocycles. The Kier molecular flexibility index (Phi) is 4.68. The van der Waals surface area contributed by atoms with Crippen molar-refractivity contribution < 1.29 is 18.5 Å². The van der Waals surface area contributed by atoms with Gasteiger partial charge in [-0.1, -0.05) is 12.1 Å². The highest BCUT2D eigenvalue weighted by Gasteiger charge is 2.21. The molecule has 1 amide bonds. The Morgan fingerprint density at radius 2 is 1.96 bits per heavy atom. The Balaban J connectivity index is 2.26. The number of hydrogen-bond donors (Lipinski definition) is 0. The van der Waals surface area contributed by atoms with Gasteiger partial charge in [0.15, 0.2) is 0 Å². The van der Waals surface area contributed by atoms with Gasteiger partial charge in [0.25, 0.3) is 11.6 Å². The molecule has 2 rings (SSSR count). The lowest BCUT2D eigenvalue weighted by atomic mass is 10.1. The Hall–Kier alpha value is -2.83. The highest BCUT2D eigenvalue weighted by Crippen LogP contribution is 2.22. The Bertz CT molecular complexity index is 778. The van der Waals surface area contributed by atoms with E-state index in [1.165, 1.54) is 43.1 Å². The normalized spacial score (nSPS) is 10.4. The molecule has 0 unspecified atom stereocenters. The van der Waals surface area contributed by atoms with Crippen molar-refractivity contribution in [3.63, 3.8) is 0 Å². The maximum absolute atomic E-state index is 13.7. The van der Waals surface area contributed by atoms with Crippen molar-refractivity contribution in [2.24, 2.45) is 0 Å². The van der Waals surface area contributed by atoms with E-state index in [0.717, 1.165) is 12.1 Å². The van der Waals surface area contributed by atoms with Crippen LogP contribution in [0.5, 0.6) is 0 Å². The van der Waals surface area contributed by atoms with E-state index in [0.29, 0.717) is 0 Å². The van der Waals surface area contributed by atoms with Gasteiger partial charge in [-0.3, -0.25) is 14.9 Å². The van der Waals surface area contributed by atoms with Crippen LogP contribution in [0.3, 0.4) is 0 Å². The molecule has 0 aliphatic carbocycles. The predicted octanol–water partition coefficient (Wildman–Crippen LogP) is 3.45. The van der Waals surface area contributed by atoms with Crippen LogP contribution in [-0.4, -0.2) is 22.8 Å². The van der Waals surface area contributed by atoms with Crippen molar-refractivity contribution in [1.29, 1.82) is 0 Å². The van der Waals surface area contributed by atoms with Gasteiger partial charge in [-0.2, -0.15) is 0 Å². The summed E-state index contributed by atoms with van der Waals surface area (Å²) in [4.78, 5) is 24.0. The molecule has 2 aromatic carbocycles. The van der Waals surface area contributed by atoms with E-state index < -0.39 is 22.5 Å². The first-order chi connectivity index (χ1) is 10.8. The van der Waals surface area contributed by atoms with Crippen LogP contribution in [0.1, 0.15) is 21.5 Å². The number of nitrogens with zero attached hydrogens (tertiary/aromatic N) is 2. The molecule has 0 bridgehead atoms.